The van der Waals surface area contributed by atoms with Gasteiger partial charge in [-0.1, -0.05) is 48.5 Å². The fourth-order valence-electron chi connectivity index (χ4n) is 2.09. The summed E-state index contributed by atoms with van der Waals surface area (Å²) in [4.78, 5) is 11.9. The summed E-state index contributed by atoms with van der Waals surface area (Å²) in [6.45, 7) is 2.88. The lowest BCUT2D eigenvalue weighted by atomic mass is 10.0. The third-order valence-corrected chi connectivity index (χ3v) is 4.19. The van der Waals surface area contributed by atoms with Gasteiger partial charge in [-0.05, 0) is 18.8 Å². The number of carbonyl (C=O) groups is 1. The van der Waals surface area contributed by atoms with Crippen molar-refractivity contribution in [2.45, 2.75) is 56.7 Å². The van der Waals surface area contributed by atoms with Crippen LogP contribution in [0.1, 0.15) is 51.9 Å². The number of nitrogens with one attached hydrogen (secondary N) is 1. The van der Waals surface area contributed by atoms with Crippen LogP contribution < -0.4 is 5.32 Å². The van der Waals surface area contributed by atoms with Crippen molar-refractivity contribution in [2.24, 2.45) is 5.92 Å². The molecule has 0 aromatic heterocycles. The number of hydrogen-bond acceptors (Lipinski definition) is 1. The Morgan fingerprint density at radius 1 is 1.47 bits per heavy atom. The summed E-state index contributed by atoms with van der Waals surface area (Å²) in [5.41, 5.74) is 0. The highest BCUT2D eigenvalue weighted by atomic mass is 79.9. The normalized spacial score (nSPS) is 19.1. The lowest BCUT2D eigenvalue weighted by Gasteiger charge is -2.11. The maximum Gasteiger partial charge on any atom is 0.220 e. The summed E-state index contributed by atoms with van der Waals surface area (Å²) in [5.74, 6) is 1.04. The second kappa shape index (κ2) is 7.26. The molecule has 1 rings (SSSR count). The minimum atomic E-state index is 0.222. The molecule has 0 saturated heterocycles. The van der Waals surface area contributed by atoms with Crippen molar-refractivity contribution in [3.8, 4) is 0 Å². The Bertz CT molecular complexity index is 190. The number of halogens is 1. The van der Waals surface area contributed by atoms with Crippen molar-refractivity contribution in [3.05, 3.63) is 0 Å². The molecule has 0 aromatic rings. The second-order valence-corrected chi connectivity index (χ2v) is 5.79. The molecule has 0 aromatic carbocycles. The fraction of sp³-hybridized carbons (Fsp3) is 0.917. The summed E-state index contributed by atoms with van der Waals surface area (Å²) in [5, 5.41) is 2.97. The average molecular weight is 276 g/mol. The SMILES string of the molecule is CCC(Br)CNC(=O)CCC1CCCC1. The van der Waals surface area contributed by atoms with Crippen molar-refractivity contribution in [1.29, 1.82) is 0 Å². The minimum Gasteiger partial charge on any atom is -0.355 e. The van der Waals surface area contributed by atoms with Crippen LogP contribution >= 0.6 is 15.9 Å². The third-order valence-electron chi connectivity index (χ3n) is 3.22. The Morgan fingerprint density at radius 3 is 2.73 bits per heavy atom. The number of amides is 1. The highest BCUT2D eigenvalue weighted by molar-refractivity contribution is 9.09. The van der Waals surface area contributed by atoms with Crippen LogP contribution in [0, 0.1) is 5.92 Å². The Labute approximate surface area is 101 Å². The molecule has 1 aliphatic carbocycles. The van der Waals surface area contributed by atoms with E-state index in [0.29, 0.717) is 11.2 Å². The number of rotatable bonds is 6. The van der Waals surface area contributed by atoms with E-state index in [0.717, 1.165) is 25.3 Å². The molecule has 1 atom stereocenters. The number of hydrogen-bond donors (Lipinski definition) is 1. The number of carbonyl (C=O) groups excluding carboxylic acids is 1. The first kappa shape index (κ1) is 13.0. The molecule has 1 unspecified atom stereocenters. The molecular weight excluding hydrogens is 254 g/mol. The van der Waals surface area contributed by atoms with E-state index in [9.17, 15) is 4.79 Å². The molecule has 1 saturated carbocycles. The van der Waals surface area contributed by atoms with Crippen LogP contribution in [0.5, 0.6) is 0 Å². The summed E-state index contributed by atoms with van der Waals surface area (Å²) in [6.07, 6.45) is 8.27. The van der Waals surface area contributed by atoms with Gasteiger partial charge in [0.05, 0.1) is 0 Å². The van der Waals surface area contributed by atoms with E-state index in [1.807, 2.05) is 0 Å². The van der Waals surface area contributed by atoms with Crippen LogP contribution in [0.4, 0.5) is 0 Å². The smallest absolute Gasteiger partial charge is 0.220 e. The molecule has 0 spiro atoms. The first-order chi connectivity index (χ1) is 7.22. The summed E-state index contributed by atoms with van der Waals surface area (Å²) < 4.78 is 0. The molecule has 0 aliphatic heterocycles. The van der Waals surface area contributed by atoms with E-state index in [4.69, 9.17) is 0 Å². The molecule has 1 fully saturated rings. The van der Waals surface area contributed by atoms with Gasteiger partial charge in [-0.2, -0.15) is 0 Å². The molecule has 15 heavy (non-hydrogen) atoms. The lowest BCUT2D eigenvalue weighted by Crippen LogP contribution is -2.29. The predicted octanol–water partition coefficient (Wildman–Crippen LogP) is 3.25. The van der Waals surface area contributed by atoms with Crippen LogP contribution in [0.3, 0.4) is 0 Å². The monoisotopic (exact) mass is 275 g/mol. The van der Waals surface area contributed by atoms with Gasteiger partial charge in [0.2, 0.25) is 5.91 Å². The molecule has 2 nitrogen and oxygen atoms in total. The van der Waals surface area contributed by atoms with Gasteiger partial charge < -0.3 is 5.32 Å². The van der Waals surface area contributed by atoms with Crippen molar-refractivity contribution >= 4 is 21.8 Å². The van der Waals surface area contributed by atoms with Gasteiger partial charge in [-0.25, -0.2) is 0 Å². The first-order valence-corrected chi connectivity index (χ1v) is 7.04. The van der Waals surface area contributed by atoms with Crippen LogP contribution in [-0.4, -0.2) is 17.3 Å². The largest absolute Gasteiger partial charge is 0.355 e. The second-order valence-electron chi connectivity index (χ2n) is 4.50. The van der Waals surface area contributed by atoms with Crippen LogP contribution in [-0.2, 0) is 4.79 Å². The minimum absolute atomic E-state index is 0.222. The van der Waals surface area contributed by atoms with Gasteiger partial charge in [0.15, 0.2) is 0 Å². The molecule has 0 bridgehead atoms. The zero-order valence-corrected chi connectivity index (χ0v) is 11.2. The molecule has 1 aliphatic rings. The maximum absolute atomic E-state index is 11.5. The van der Waals surface area contributed by atoms with Gasteiger partial charge in [0.25, 0.3) is 0 Å². The topological polar surface area (TPSA) is 29.1 Å². The molecular formula is C12H22BrNO. The average Bonchev–Trinajstić information content (AvgIpc) is 2.75. The number of alkyl halides is 1. The third kappa shape index (κ3) is 5.55. The lowest BCUT2D eigenvalue weighted by molar-refractivity contribution is -0.121. The van der Waals surface area contributed by atoms with Crippen LogP contribution in [0.15, 0.2) is 0 Å². The van der Waals surface area contributed by atoms with Crippen molar-refractivity contribution in [1.82, 2.24) is 5.32 Å². The van der Waals surface area contributed by atoms with E-state index < -0.39 is 0 Å². The highest BCUT2D eigenvalue weighted by Crippen LogP contribution is 2.28. The summed E-state index contributed by atoms with van der Waals surface area (Å²) in [7, 11) is 0. The van der Waals surface area contributed by atoms with E-state index in [1.165, 1.54) is 25.7 Å². The Balaban J connectivity index is 2.02. The Morgan fingerprint density at radius 2 is 2.13 bits per heavy atom. The van der Waals surface area contributed by atoms with E-state index >= 15 is 0 Å². The molecule has 3 heteroatoms. The van der Waals surface area contributed by atoms with Crippen LogP contribution in [0.25, 0.3) is 0 Å². The van der Waals surface area contributed by atoms with E-state index in [1.54, 1.807) is 0 Å². The maximum atomic E-state index is 11.5. The van der Waals surface area contributed by atoms with Crippen LogP contribution in [0.2, 0.25) is 0 Å². The van der Waals surface area contributed by atoms with Crippen molar-refractivity contribution in [3.63, 3.8) is 0 Å². The fourth-order valence-corrected chi connectivity index (χ4v) is 2.25. The Kier molecular flexibility index (Phi) is 6.30. The van der Waals surface area contributed by atoms with Gasteiger partial charge in [-0.3, -0.25) is 4.79 Å². The van der Waals surface area contributed by atoms with Crippen molar-refractivity contribution < 1.29 is 4.79 Å². The van der Waals surface area contributed by atoms with Gasteiger partial charge >= 0.3 is 0 Å². The Hall–Kier alpha value is -0.0500. The summed E-state index contributed by atoms with van der Waals surface area (Å²) >= 11 is 3.51. The highest BCUT2D eigenvalue weighted by Gasteiger charge is 2.16. The zero-order chi connectivity index (χ0) is 11.1. The molecule has 0 heterocycles. The standard InChI is InChI=1S/C12H22BrNO/c1-2-11(13)9-14-12(15)8-7-10-5-3-4-6-10/h10-11H,2-9H2,1H3,(H,14,15). The van der Waals surface area contributed by atoms with E-state index in [2.05, 4.69) is 28.2 Å². The van der Waals surface area contributed by atoms with Crippen molar-refractivity contribution in [2.75, 3.05) is 6.54 Å². The predicted molar refractivity (Wildman–Crippen MR) is 67.2 cm³/mol. The summed E-state index contributed by atoms with van der Waals surface area (Å²) in [6, 6.07) is 0. The quantitative estimate of drug-likeness (QED) is 0.741. The molecule has 1 N–H and O–H groups in total. The van der Waals surface area contributed by atoms with Gasteiger partial charge in [0, 0.05) is 17.8 Å². The molecule has 0 radical (unpaired) electrons. The molecule has 88 valence electrons. The first-order valence-electron chi connectivity index (χ1n) is 6.13. The molecule has 1 amide bonds. The van der Waals surface area contributed by atoms with E-state index in [-0.39, 0.29) is 5.91 Å². The van der Waals surface area contributed by atoms with Gasteiger partial charge in [0.1, 0.15) is 0 Å². The van der Waals surface area contributed by atoms with Gasteiger partial charge in [-0.15, -0.1) is 0 Å². The zero-order valence-electron chi connectivity index (χ0n) is 9.60.